The molecule has 2 heterocycles. The van der Waals surface area contributed by atoms with E-state index in [-0.39, 0.29) is 0 Å². The van der Waals surface area contributed by atoms with Crippen molar-refractivity contribution in [2.45, 2.75) is 13.0 Å². The second-order valence-electron chi connectivity index (χ2n) is 4.10. The number of rotatable bonds is 3. The average molecular weight is 226 g/mol. The zero-order valence-electron chi connectivity index (χ0n) is 9.52. The van der Waals surface area contributed by atoms with Crippen LogP contribution >= 0.6 is 0 Å². The molecule has 1 N–H and O–H groups in total. The smallest absolute Gasteiger partial charge is 0.122 e. The number of ether oxygens (including phenoxy) is 1. The van der Waals surface area contributed by atoms with Gasteiger partial charge in [-0.1, -0.05) is 6.07 Å². The van der Waals surface area contributed by atoms with Gasteiger partial charge in [-0.05, 0) is 35.9 Å². The van der Waals surface area contributed by atoms with Crippen LogP contribution in [-0.4, -0.2) is 11.6 Å². The summed E-state index contributed by atoms with van der Waals surface area (Å²) in [5.74, 6) is 1.02. The van der Waals surface area contributed by atoms with Crippen LogP contribution in [0.4, 0.5) is 5.69 Å². The van der Waals surface area contributed by atoms with E-state index in [1.54, 1.807) is 0 Å². The predicted molar refractivity (Wildman–Crippen MR) is 67.2 cm³/mol. The van der Waals surface area contributed by atoms with Crippen molar-refractivity contribution < 1.29 is 4.74 Å². The second-order valence-corrected chi connectivity index (χ2v) is 4.10. The topological polar surface area (TPSA) is 34.1 Å². The Bertz CT molecular complexity index is 511. The van der Waals surface area contributed by atoms with Crippen LogP contribution < -0.4 is 10.1 Å². The molecule has 1 aromatic heterocycles. The summed E-state index contributed by atoms with van der Waals surface area (Å²) in [5, 5.41) is 3.37. The molecule has 3 heteroatoms. The van der Waals surface area contributed by atoms with Crippen LogP contribution in [0.3, 0.4) is 0 Å². The van der Waals surface area contributed by atoms with Gasteiger partial charge >= 0.3 is 0 Å². The van der Waals surface area contributed by atoms with Crippen LogP contribution in [0, 0.1) is 0 Å². The Labute approximate surface area is 100 Å². The largest absolute Gasteiger partial charge is 0.493 e. The summed E-state index contributed by atoms with van der Waals surface area (Å²) in [6.45, 7) is 1.56. The van der Waals surface area contributed by atoms with Gasteiger partial charge in [0.2, 0.25) is 0 Å². The molecule has 17 heavy (non-hydrogen) atoms. The molecule has 1 aromatic carbocycles. The minimum atomic E-state index is 0.750. The Morgan fingerprint density at radius 1 is 1.24 bits per heavy atom. The third kappa shape index (κ3) is 2.23. The zero-order chi connectivity index (χ0) is 11.5. The van der Waals surface area contributed by atoms with E-state index in [2.05, 4.69) is 16.4 Å². The maximum Gasteiger partial charge on any atom is 0.122 e. The molecule has 0 spiro atoms. The van der Waals surface area contributed by atoms with Gasteiger partial charge in [0.15, 0.2) is 0 Å². The first-order chi connectivity index (χ1) is 8.42. The molecule has 0 amide bonds. The van der Waals surface area contributed by atoms with Gasteiger partial charge in [0.05, 0.1) is 18.8 Å². The molecular weight excluding hydrogens is 212 g/mol. The van der Waals surface area contributed by atoms with Crippen molar-refractivity contribution in [1.29, 1.82) is 0 Å². The Kier molecular flexibility index (Phi) is 2.66. The number of anilines is 1. The average Bonchev–Trinajstić information content (AvgIpc) is 2.85. The lowest BCUT2D eigenvalue weighted by Crippen LogP contribution is -2.01. The van der Waals surface area contributed by atoms with Crippen LogP contribution in [0.25, 0.3) is 0 Å². The number of pyridine rings is 1. The third-order valence-corrected chi connectivity index (χ3v) is 2.89. The standard InChI is InChI=1S/C14H14N2O/c1-2-7-15-13(3-1)10-16-12-4-5-14-11(9-12)6-8-17-14/h1-5,7,9,16H,6,8,10H2. The van der Waals surface area contributed by atoms with Crippen molar-refractivity contribution in [2.75, 3.05) is 11.9 Å². The summed E-state index contributed by atoms with van der Waals surface area (Å²) < 4.78 is 5.48. The summed E-state index contributed by atoms with van der Waals surface area (Å²) >= 11 is 0. The fourth-order valence-electron chi connectivity index (χ4n) is 1.99. The monoisotopic (exact) mass is 226 g/mol. The Hall–Kier alpha value is -2.03. The number of nitrogens with one attached hydrogen (secondary N) is 1. The first-order valence-corrected chi connectivity index (χ1v) is 5.81. The quantitative estimate of drug-likeness (QED) is 0.873. The molecule has 0 aliphatic carbocycles. The highest BCUT2D eigenvalue weighted by Crippen LogP contribution is 2.27. The van der Waals surface area contributed by atoms with Gasteiger partial charge in [-0.2, -0.15) is 0 Å². The Balaban J connectivity index is 1.70. The molecule has 86 valence electrons. The van der Waals surface area contributed by atoms with Crippen molar-refractivity contribution in [3.05, 3.63) is 53.9 Å². The number of fused-ring (bicyclic) bond motifs is 1. The van der Waals surface area contributed by atoms with Crippen molar-refractivity contribution in [1.82, 2.24) is 4.98 Å². The number of hydrogen-bond donors (Lipinski definition) is 1. The van der Waals surface area contributed by atoms with Crippen LogP contribution in [-0.2, 0) is 13.0 Å². The summed E-state index contributed by atoms with van der Waals surface area (Å²) in [7, 11) is 0. The normalized spacial score (nSPS) is 12.9. The molecule has 0 atom stereocenters. The number of benzene rings is 1. The van der Waals surface area contributed by atoms with Gasteiger partial charge in [-0.15, -0.1) is 0 Å². The number of aromatic nitrogens is 1. The van der Waals surface area contributed by atoms with Crippen molar-refractivity contribution in [3.63, 3.8) is 0 Å². The Morgan fingerprint density at radius 3 is 3.12 bits per heavy atom. The number of nitrogens with zero attached hydrogens (tertiary/aromatic N) is 1. The highest BCUT2D eigenvalue weighted by atomic mass is 16.5. The van der Waals surface area contributed by atoms with Gasteiger partial charge in [0.25, 0.3) is 0 Å². The highest BCUT2D eigenvalue weighted by Gasteiger charge is 2.11. The molecule has 0 saturated heterocycles. The fraction of sp³-hybridized carbons (Fsp3) is 0.214. The van der Waals surface area contributed by atoms with E-state index >= 15 is 0 Å². The van der Waals surface area contributed by atoms with Crippen LogP contribution in [0.1, 0.15) is 11.3 Å². The summed E-state index contributed by atoms with van der Waals surface area (Å²) in [5.41, 5.74) is 3.46. The van der Waals surface area contributed by atoms with E-state index in [1.807, 2.05) is 36.5 Å². The fourth-order valence-corrected chi connectivity index (χ4v) is 1.99. The van der Waals surface area contributed by atoms with E-state index in [0.717, 1.165) is 36.7 Å². The molecule has 0 radical (unpaired) electrons. The van der Waals surface area contributed by atoms with Crippen LogP contribution in [0.15, 0.2) is 42.6 Å². The maximum absolute atomic E-state index is 5.48. The molecule has 0 unspecified atom stereocenters. The lowest BCUT2D eigenvalue weighted by Gasteiger charge is -2.07. The summed E-state index contributed by atoms with van der Waals surface area (Å²) in [6, 6.07) is 12.2. The minimum Gasteiger partial charge on any atom is -0.493 e. The molecule has 1 aliphatic heterocycles. The third-order valence-electron chi connectivity index (χ3n) is 2.89. The first kappa shape index (κ1) is 10.1. The molecule has 0 bridgehead atoms. The van der Waals surface area contributed by atoms with Crippen LogP contribution in [0.2, 0.25) is 0 Å². The molecule has 0 fully saturated rings. The molecule has 3 nitrogen and oxygen atoms in total. The molecule has 3 rings (SSSR count). The molecule has 0 saturated carbocycles. The van der Waals surface area contributed by atoms with Gasteiger partial charge in [0.1, 0.15) is 5.75 Å². The second kappa shape index (κ2) is 4.45. The van der Waals surface area contributed by atoms with Crippen molar-refractivity contribution in [2.24, 2.45) is 0 Å². The lowest BCUT2D eigenvalue weighted by atomic mass is 10.1. The van der Waals surface area contributed by atoms with E-state index in [4.69, 9.17) is 4.74 Å². The van der Waals surface area contributed by atoms with Gasteiger partial charge < -0.3 is 10.1 Å². The Morgan fingerprint density at radius 2 is 2.24 bits per heavy atom. The van der Waals surface area contributed by atoms with Crippen LogP contribution in [0.5, 0.6) is 5.75 Å². The summed E-state index contributed by atoms with van der Waals surface area (Å²) in [4.78, 5) is 4.28. The minimum absolute atomic E-state index is 0.750. The van der Waals surface area contributed by atoms with E-state index in [9.17, 15) is 0 Å². The van der Waals surface area contributed by atoms with E-state index in [1.165, 1.54) is 5.56 Å². The summed E-state index contributed by atoms with van der Waals surface area (Å²) in [6.07, 6.45) is 2.82. The maximum atomic E-state index is 5.48. The first-order valence-electron chi connectivity index (χ1n) is 5.81. The van der Waals surface area contributed by atoms with Gasteiger partial charge in [-0.25, -0.2) is 0 Å². The SMILES string of the molecule is c1ccc(CNc2ccc3c(c2)CCO3)nc1. The highest BCUT2D eigenvalue weighted by molar-refractivity contribution is 5.52. The molecule has 2 aromatic rings. The molecular formula is C14H14N2O. The predicted octanol–water partition coefficient (Wildman–Crippen LogP) is 2.63. The van der Waals surface area contributed by atoms with E-state index < -0.39 is 0 Å². The number of hydrogen-bond acceptors (Lipinski definition) is 3. The van der Waals surface area contributed by atoms with E-state index in [0.29, 0.717) is 0 Å². The lowest BCUT2D eigenvalue weighted by molar-refractivity contribution is 0.357. The van der Waals surface area contributed by atoms with Gasteiger partial charge in [-0.3, -0.25) is 4.98 Å². The molecule has 1 aliphatic rings. The zero-order valence-corrected chi connectivity index (χ0v) is 9.52. The van der Waals surface area contributed by atoms with Gasteiger partial charge in [0, 0.05) is 18.3 Å². The van der Waals surface area contributed by atoms with Crippen molar-refractivity contribution >= 4 is 5.69 Å². The van der Waals surface area contributed by atoms with Crippen molar-refractivity contribution in [3.8, 4) is 5.75 Å².